The summed E-state index contributed by atoms with van der Waals surface area (Å²) in [5.74, 6) is 5.32. The van der Waals surface area contributed by atoms with Crippen LogP contribution in [0.1, 0.15) is 5.56 Å². The number of rotatable bonds is 3. The van der Waals surface area contributed by atoms with Crippen molar-refractivity contribution in [3.63, 3.8) is 0 Å². The molecular formula is C11H9FN6. The van der Waals surface area contributed by atoms with Gasteiger partial charge in [0.05, 0.1) is 18.1 Å². The molecule has 0 radical (unpaired) electrons. The van der Waals surface area contributed by atoms with Gasteiger partial charge in [0, 0.05) is 0 Å². The van der Waals surface area contributed by atoms with E-state index >= 15 is 0 Å². The average molecular weight is 244 g/mol. The summed E-state index contributed by atoms with van der Waals surface area (Å²) in [7, 11) is 0. The third-order valence-corrected chi connectivity index (χ3v) is 2.17. The van der Waals surface area contributed by atoms with Crippen LogP contribution in [0.25, 0.3) is 0 Å². The van der Waals surface area contributed by atoms with Crippen molar-refractivity contribution in [2.24, 2.45) is 5.84 Å². The summed E-state index contributed by atoms with van der Waals surface area (Å²) in [5.41, 5.74) is 2.58. The van der Waals surface area contributed by atoms with Gasteiger partial charge in [-0.25, -0.2) is 15.2 Å². The number of nitrogen functional groups attached to an aromatic ring is 1. The van der Waals surface area contributed by atoms with Crippen LogP contribution in [0.5, 0.6) is 0 Å². The lowest BCUT2D eigenvalue weighted by Crippen LogP contribution is -2.09. The fourth-order valence-corrected chi connectivity index (χ4v) is 1.38. The minimum absolute atomic E-state index is 0.0783. The third kappa shape index (κ3) is 2.34. The van der Waals surface area contributed by atoms with Gasteiger partial charge >= 0.3 is 0 Å². The van der Waals surface area contributed by atoms with Crippen molar-refractivity contribution < 1.29 is 4.39 Å². The maximum absolute atomic E-state index is 13.4. The number of halogens is 1. The van der Waals surface area contributed by atoms with Crippen molar-refractivity contribution in [3.8, 4) is 6.07 Å². The molecule has 0 saturated carbocycles. The topological polar surface area (TPSA) is 99.7 Å². The summed E-state index contributed by atoms with van der Waals surface area (Å²) in [6.45, 7) is 0. The van der Waals surface area contributed by atoms with Crippen molar-refractivity contribution in [2.75, 3.05) is 10.7 Å². The van der Waals surface area contributed by atoms with Gasteiger partial charge < -0.3 is 10.7 Å². The number of anilines is 3. The number of hydrogen-bond donors (Lipinski definition) is 3. The fourth-order valence-electron chi connectivity index (χ4n) is 1.38. The Morgan fingerprint density at radius 1 is 1.28 bits per heavy atom. The lowest BCUT2D eigenvalue weighted by Gasteiger charge is -2.08. The average Bonchev–Trinajstić information content (AvgIpc) is 2.39. The van der Waals surface area contributed by atoms with Crippen molar-refractivity contribution >= 4 is 17.3 Å². The molecule has 90 valence electrons. The zero-order valence-corrected chi connectivity index (χ0v) is 9.18. The van der Waals surface area contributed by atoms with Gasteiger partial charge in [0.15, 0.2) is 11.6 Å². The van der Waals surface area contributed by atoms with E-state index in [-0.39, 0.29) is 5.56 Å². The Morgan fingerprint density at radius 2 is 2.06 bits per heavy atom. The zero-order chi connectivity index (χ0) is 13.0. The van der Waals surface area contributed by atoms with Gasteiger partial charge in [-0.2, -0.15) is 5.26 Å². The second-order valence-electron chi connectivity index (χ2n) is 3.33. The lowest BCUT2D eigenvalue weighted by atomic mass is 10.2. The van der Waals surface area contributed by atoms with Gasteiger partial charge in [-0.05, 0) is 12.1 Å². The van der Waals surface area contributed by atoms with E-state index in [0.717, 1.165) is 0 Å². The van der Waals surface area contributed by atoms with Gasteiger partial charge in [-0.3, -0.25) is 4.98 Å². The molecule has 0 fully saturated rings. The van der Waals surface area contributed by atoms with Crippen LogP contribution in [-0.4, -0.2) is 9.97 Å². The van der Waals surface area contributed by atoms with E-state index in [2.05, 4.69) is 20.7 Å². The number of aromatic nitrogens is 2. The van der Waals surface area contributed by atoms with Gasteiger partial charge in [0.2, 0.25) is 0 Å². The predicted molar refractivity (Wildman–Crippen MR) is 64.2 cm³/mol. The number of nitrogens with one attached hydrogen (secondary N) is 2. The Bertz CT molecular complexity index is 607. The summed E-state index contributed by atoms with van der Waals surface area (Å²) in [5, 5.41) is 11.7. The van der Waals surface area contributed by atoms with Crippen LogP contribution in [0.3, 0.4) is 0 Å². The third-order valence-electron chi connectivity index (χ3n) is 2.17. The van der Waals surface area contributed by atoms with E-state index in [4.69, 9.17) is 11.1 Å². The van der Waals surface area contributed by atoms with Crippen LogP contribution in [0.15, 0.2) is 30.6 Å². The van der Waals surface area contributed by atoms with Crippen LogP contribution in [0, 0.1) is 17.1 Å². The van der Waals surface area contributed by atoms with E-state index < -0.39 is 5.82 Å². The molecule has 2 rings (SSSR count). The van der Waals surface area contributed by atoms with Crippen LogP contribution in [-0.2, 0) is 0 Å². The first kappa shape index (κ1) is 11.8. The van der Waals surface area contributed by atoms with Crippen molar-refractivity contribution in [1.29, 1.82) is 5.26 Å². The smallest absolute Gasteiger partial charge is 0.160 e. The molecule has 0 spiro atoms. The number of nitrogens with zero attached hydrogens (tertiary/aromatic N) is 3. The second kappa shape index (κ2) is 5.07. The number of benzene rings is 1. The molecule has 2 aromatic rings. The molecule has 1 aromatic carbocycles. The number of hydrogen-bond acceptors (Lipinski definition) is 6. The molecule has 1 aromatic heterocycles. The van der Waals surface area contributed by atoms with Gasteiger partial charge in [-0.15, -0.1) is 0 Å². The summed E-state index contributed by atoms with van der Waals surface area (Å²) in [6, 6.07) is 6.07. The molecule has 0 amide bonds. The molecule has 6 nitrogen and oxygen atoms in total. The number of hydrazine groups is 1. The number of nitrogens with two attached hydrogens (primary N) is 1. The molecule has 7 heteroatoms. The Balaban J connectivity index is 2.34. The van der Waals surface area contributed by atoms with Gasteiger partial charge in [0.1, 0.15) is 17.4 Å². The standard InChI is InChI=1S/C11H9FN6/c12-8-2-1-3-9(7(8)4-13)16-10-5-15-6-11(17-10)18-14/h1-3,5-6H,14H2,(H2,16,17,18). The summed E-state index contributed by atoms with van der Waals surface area (Å²) >= 11 is 0. The summed E-state index contributed by atoms with van der Waals surface area (Å²) < 4.78 is 13.4. The zero-order valence-electron chi connectivity index (χ0n) is 9.18. The fraction of sp³-hybridized carbons (Fsp3) is 0. The largest absolute Gasteiger partial charge is 0.338 e. The quantitative estimate of drug-likeness (QED) is 0.559. The number of nitriles is 1. The van der Waals surface area contributed by atoms with Crippen molar-refractivity contribution in [2.45, 2.75) is 0 Å². The maximum atomic E-state index is 13.4. The van der Waals surface area contributed by atoms with E-state index in [9.17, 15) is 4.39 Å². The molecule has 1 heterocycles. The van der Waals surface area contributed by atoms with Crippen molar-refractivity contribution in [1.82, 2.24) is 9.97 Å². The van der Waals surface area contributed by atoms with E-state index in [1.165, 1.54) is 24.5 Å². The van der Waals surface area contributed by atoms with E-state index in [1.54, 1.807) is 12.1 Å². The first-order valence-electron chi connectivity index (χ1n) is 4.99. The molecule has 0 unspecified atom stereocenters. The predicted octanol–water partition coefficient (Wildman–Crippen LogP) is 1.52. The molecule has 18 heavy (non-hydrogen) atoms. The first-order valence-corrected chi connectivity index (χ1v) is 4.99. The van der Waals surface area contributed by atoms with Gasteiger partial charge in [-0.1, -0.05) is 6.07 Å². The molecule has 0 aliphatic carbocycles. The monoisotopic (exact) mass is 244 g/mol. The molecule has 0 aliphatic heterocycles. The minimum Gasteiger partial charge on any atom is -0.338 e. The highest BCUT2D eigenvalue weighted by Gasteiger charge is 2.08. The van der Waals surface area contributed by atoms with E-state index in [1.807, 2.05) is 0 Å². The summed E-state index contributed by atoms with van der Waals surface area (Å²) in [4.78, 5) is 7.94. The Kier molecular flexibility index (Phi) is 3.31. The maximum Gasteiger partial charge on any atom is 0.160 e. The molecule has 0 atom stereocenters. The molecule has 0 aliphatic rings. The minimum atomic E-state index is -0.594. The second-order valence-corrected chi connectivity index (χ2v) is 3.33. The van der Waals surface area contributed by atoms with Gasteiger partial charge in [0.25, 0.3) is 0 Å². The van der Waals surface area contributed by atoms with E-state index in [0.29, 0.717) is 17.3 Å². The molecule has 0 saturated heterocycles. The Labute approximate surface area is 102 Å². The molecule has 0 bridgehead atoms. The highest BCUT2D eigenvalue weighted by atomic mass is 19.1. The Hall–Kier alpha value is -2.72. The summed E-state index contributed by atoms with van der Waals surface area (Å²) in [6.07, 6.45) is 2.87. The van der Waals surface area contributed by atoms with Crippen molar-refractivity contribution in [3.05, 3.63) is 42.0 Å². The molecular weight excluding hydrogens is 235 g/mol. The highest BCUT2D eigenvalue weighted by Crippen LogP contribution is 2.21. The van der Waals surface area contributed by atoms with Crippen LogP contribution in [0.4, 0.5) is 21.7 Å². The van der Waals surface area contributed by atoms with Crippen LogP contribution < -0.4 is 16.6 Å². The van der Waals surface area contributed by atoms with Crippen LogP contribution >= 0.6 is 0 Å². The molecule has 4 N–H and O–H groups in total. The normalized spacial score (nSPS) is 9.61. The SMILES string of the molecule is N#Cc1c(F)cccc1Nc1cncc(NN)n1. The Morgan fingerprint density at radius 3 is 2.78 bits per heavy atom. The van der Waals surface area contributed by atoms with Crippen LogP contribution in [0.2, 0.25) is 0 Å². The first-order chi connectivity index (χ1) is 8.74. The highest BCUT2D eigenvalue weighted by molar-refractivity contribution is 5.64. The lowest BCUT2D eigenvalue weighted by molar-refractivity contribution is 0.624.